The first-order valence-electron chi connectivity index (χ1n) is 7.15. The van der Waals surface area contributed by atoms with Crippen LogP contribution in [0.15, 0.2) is 18.2 Å². The number of sulfonamides is 1. The molecule has 1 aromatic rings. The molecule has 2 aliphatic heterocycles. The monoisotopic (exact) mass is 309 g/mol. The number of anilines is 2. The van der Waals surface area contributed by atoms with E-state index in [0.717, 1.165) is 16.9 Å². The minimum absolute atomic E-state index is 0.0287. The van der Waals surface area contributed by atoms with Crippen LogP contribution in [0.25, 0.3) is 0 Å². The van der Waals surface area contributed by atoms with Gasteiger partial charge < -0.3 is 10.2 Å². The fourth-order valence-corrected chi connectivity index (χ4v) is 3.90. The van der Waals surface area contributed by atoms with E-state index in [2.05, 4.69) is 10.2 Å². The number of nitrogens with zero attached hydrogens (tertiary/aromatic N) is 2. The highest BCUT2D eigenvalue weighted by atomic mass is 32.2. The van der Waals surface area contributed by atoms with Crippen LogP contribution in [0.5, 0.6) is 0 Å². The highest BCUT2D eigenvalue weighted by Crippen LogP contribution is 2.28. The Bertz CT molecular complexity index is 664. The molecule has 0 spiro atoms. The van der Waals surface area contributed by atoms with Crippen molar-refractivity contribution < 1.29 is 13.2 Å². The first kappa shape index (κ1) is 14.3. The molecule has 1 amide bonds. The van der Waals surface area contributed by atoms with Gasteiger partial charge >= 0.3 is 0 Å². The van der Waals surface area contributed by atoms with Gasteiger partial charge in [0.15, 0.2) is 0 Å². The number of fused-ring (bicyclic) bond motifs is 1. The molecule has 1 N–H and O–H groups in total. The molecule has 0 radical (unpaired) electrons. The lowest BCUT2D eigenvalue weighted by molar-refractivity contribution is -0.115. The zero-order valence-corrected chi connectivity index (χ0v) is 12.8. The second-order valence-corrected chi connectivity index (χ2v) is 7.61. The van der Waals surface area contributed by atoms with E-state index in [9.17, 15) is 13.2 Å². The molecule has 1 fully saturated rings. The molecule has 1 aromatic carbocycles. The van der Waals surface area contributed by atoms with Crippen molar-refractivity contribution >= 4 is 27.3 Å². The number of carbonyl (C=O) groups is 1. The number of hydrogen-bond acceptors (Lipinski definition) is 4. The Morgan fingerprint density at radius 2 is 1.90 bits per heavy atom. The third kappa shape index (κ3) is 2.75. The van der Waals surface area contributed by atoms with Crippen molar-refractivity contribution in [3.05, 3.63) is 23.8 Å². The first-order valence-corrected chi connectivity index (χ1v) is 8.76. The van der Waals surface area contributed by atoms with Crippen molar-refractivity contribution in [1.29, 1.82) is 0 Å². The van der Waals surface area contributed by atoms with E-state index in [1.54, 1.807) is 11.2 Å². The smallest absolute Gasteiger partial charge is 0.228 e. The maximum absolute atomic E-state index is 11.8. The lowest BCUT2D eigenvalue weighted by Gasteiger charge is -2.35. The Kier molecular flexibility index (Phi) is 3.62. The maximum Gasteiger partial charge on any atom is 0.228 e. The van der Waals surface area contributed by atoms with Gasteiger partial charge in [0.1, 0.15) is 0 Å². The van der Waals surface area contributed by atoms with Gasteiger partial charge in [0.25, 0.3) is 0 Å². The van der Waals surface area contributed by atoms with E-state index in [-0.39, 0.29) is 11.7 Å². The topological polar surface area (TPSA) is 69.7 Å². The van der Waals surface area contributed by atoms with E-state index in [1.807, 2.05) is 18.2 Å². The molecule has 2 heterocycles. The fourth-order valence-electron chi connectivity index (χ4n) is 2.82. The first-order chi connectivity index (χ1) is 9.99. The molecule has 0 aliphatic carbocycles. The van der Waals surface area contributed by atoms with Crippen LogP contribution < -0.4 is 10.2 Å². The normalized spacial score (nSPS) is 19.5. The van der Waals surface area contributed by atoms with Gasteiger partial charge in [0, 0.05) is 37.6 Å². The summed E-state index contributed by atoms with van der Waals surface area (Å²) in [5.41, 5.74) is 2.95. The van der Waals surface area contributed by atoms with E-state index < -0.39 is 10.0 Å². The van der Waals surface area contributed by atoms with Crippen LogP contribution in [-0.2, 0) is 21.2 Å². The van der Waals surface area contributed by atoms with Crippen molar-refractivity contribution in [2.75, 3.05) is 42.1 Å². The Morgan fingerprint density at radius 1 is 1.19 bits per heavy atom. The maximum atomic E-state index is 11.8. The van der Waals surface area contributed by atoms with E-state index >= 15 is 0 Å². The lowest BCUT2D eigenvalue weighted by Crippen LogP contribution is -2.49. The molecule has 114 valence electrons. The van der Waals surface area contributed by atoms with Crippen LogP contribution in [0.3, 0.4) is 0 Å². The molecule has 3 rings (SSSR count). The third-order valence-electron chi connectivity index (χ3n) is 4.08. The van der Waals surface area contributed by atoms with Crippen LogP contribution in [0.4, 0.5) is 11.4 Å². The second-order valence-electron chi connectivity index (χ2n) is 5.35. The molecule has 1 saturated heterocycles. The average molecular weight is 309 g/mol. The SMILES string of the molecule is CCS(=O)(=O)N1CCN(c2ccc3c(c2)CC(=O)N3)CC1. The second kappa shape index (κ2) is 5.31. The number of amides is 1. The summed E-state index contributed by atoms with van der Waals surface area (Å²) in [6.45, 7) is 4.07. The van der Waals surface area contributed by atoms with Crippen molar-refractivity contribution in [2.45, 2.75) is 13.3 Å². The number of benzene rings is 1. The third-order valence-corrected chi connectivity index (χ3v) is 5.96. The van der Waals surface area contributed by atoms with E-state index in [4.69, 9.17) is 0 Å². The predicted octanol–water partition coefficient (Wildman–Crippen LogP) is 0.653. The van der Waals surface area contributed by atoms with Crippen LogP contribution in [0, 0.1) is 0 Å². The molecule has 2 aliphatic rings. The standard InChI is InChI=1S/C14H19N3O3S/c1-2-21(19,20)17-7-5-16(6-8-17)12-3-4-13-11(9-12)10-14(18)15-13/h3-4,9H,2,5-8,10H2,1H3,(H,15,18). The largest absolute Gasteiger partial charge is 0.369 e. The molecule has 21 heavy (non-hydrogen) atoms. The highest BCUT2D eigenvalue weighted by molar-refractivity contribution is 7.89. The molecule has 0 unspecified atom stereocenters. The van der Waals surface area contributed by atoms with Crippen LogP contribution >= 0.6 is 0 Å². The Labute approximate surface area is 124 Å². The summed E-state index contributed by atoms with van der Waals surface area (Å²) in [6, 6.07) is 5.93. The summed E-state index contributed by atoms with van der Waals surface area (Å²) in [7, 11) is -3.09. The molecule has 0 saturated carbocycles. The van der Waals surface area contributed by atoms with Gasteiger partial charge in [-0.2, -0.15) is 4.31 Å². The molecule has 7 heteroatoms. The molecule has 6 nitrogen and oxygen atoms in total. The predicted molar refractivity (Wildman–Crippen MR) is 82.0 cm³/mol. The summed E-state index contributed by atoms with van der Waals surface area (Å²) in [6.07, 6.45) is 0.424. The quantitative estimate of drug-likeness (QED) is 0.890. The number of hydrogen-bond donors (Lipinski definition) is 1. The lowest BCUT2D eigenvalue weighted by atomic mass is 10.1. The van der Waals surface area contributed by atoms with Crippen molar-refractivity contribution in [1.82, 2.24) is 4.31 Å². The number of nitrogens with one attached hydrogen (secondary N) is 1. The number of piperazine rings is 1. The molecule has 0 bridgehead atoms. The van der Waals surface area contributed by atoms with E-state index in [0.29, 0.717) is 32.6 Å². The van der Waals surface area contributed by atoms with Gasteiger partial charge in [-0.3, -0.25) is 4.79 Å². The van der Waals surface area contributed by atoms with Crippen molar-refractivity contribution in [2.24, 2.45) is 0 Å². The molecule has 0 atom stereocenters. The molecule has 0 aromatic heterocycles. The average Bonchev–Trinajstić information content (AvgIpc) is 2.86. The zero-order chi connectivity index (χ0) is 15.0. The molecular formula is C14H19N3O3S. The van der Waals surface area contributed by atoms with Gasteiger partial charge in [-0.25, -0.2) is 8.42 Å². The summed E-state index contributed by atoms with van der Waals surface area (Å²) < 4.78 is 25.3. The minimum atomic E-state index is -3.09. The van der Waals surface area contributed by atoms with Crippen LogP contribution in [0.2, 0.25) is 0 Å². The highest BCUT2D eigenvalue weighted by Gasteiger charge is 2.26. The number of carbonyl (C=O) groups excluding carboxylic acids is 1. The van der Waals surface area contributed by atoms with E-state index in [1.165, 1.54) is 0 Å². The molecular weight excluding hydrogens is 290 g/mol. The number of rotatable bonds is 3. The Balaban J connectivity index is 1.71. The summed E-state index contributed by atoms with van der Waals surface area (Å²) in [5, 5.41) is 2.82. The van der Waals surface area contributed by atoms with Gasteiger partial charge in [-0.15, -0.1) is 0 Å². The summed E-state index contributed by atoms with van der Waals surface area (Å²) in [4.78, 5) is 13.5. The Morgan fingerprint density at radius 3 is 2.57 bits per heavy atom. The van der Waals surface area contributed by atoms with Gasteiger partial charge in [0.2, 0.25) is 15.9 Å². The van der Waals surface area contributed by atoms with Crippen molar-refractivity contribution in [3.63, 3.8) is 0 Å². The fraction of sp³-hybridized carbons (Fsp3) is 0.500. The minimum Gasteiger partial charge on any atom is -0.369 e. The van der Waals surface area contributed by atoms with Crippen LogP contribution in [0.1, 0.15) is 12.5 Å². The summed E-state index contributed by atoms with van der Waals surface area (Å²) >= 11 is 0. The Hall–Kier alpha value is -1.60. The van der Waals surface area contributed by atoms with Gasteiger partial charge in [0.05, 0.1) is 12.2 Å². The summed E-state index contributed by atoms with van der Waals surface area (Å²) in [5.74, 6) is 0.181. The van der Waals surface area contributed by atoms with Crippen molar-refractivity contribution in [3.8, 4) is 0 Å². The van der Waals surface area contributed by atoms with Crippen LogP contribution in [-0.4, -0.2) is 50.6 Å². The van der Waals surface area contributed by atoms with Gasteiger partial charge in [-0.1, -0.05) is 0 Å². The van der Waals surface area contributed by atoms with Gasteiger partial charge in [-0.05, 0) is 30.7 Å². The zero-order valence-electron chi connectivity index (χ0n) is 12.0.